The molecule has 0 saturated carbocycles. The van der Waals surface area contributed by atoms with Crippen molar-refractivity contribution in [2.24, 2.45) is 11.7 Å². The fraction of sp³-hybridized carbons (Fsp3) is 0.385. The Kier molecular flexibility index (Phi) is 3.69. The zero-order valence-corrected chi connectivity index (χ0v) is 11.0. The average molecular weight is 277 g/mol. The largest absolute Gasteiger partial charge is 0.369 e. The molecule has 0 aromatic heterocycles. The number of hydrogen-bond donors (Lipinski definition) is 1. The number of rotatable bonds is 4. The van der Waals surface area contributed by atoms with E-state index in [4.69, 9.17) is 5.73 Å². The van der Waals surface area contributed by atoms with Crippen LogP contribution in [0.2, 0.25) is 0 Å². The molecule has 1 saturated heterocycles. The quantitative estimate of drug-likeness (QED) is 0.654. The van der Waals surface area contributed by atoms with Crippen LogP contribution in [0.1, 0.15) is 18.9 Å². The van der Waals surface area contributed by atoms with Crippen molar-refractivity contribution >= 4 is 23.2 Å². The fourth-order valence-corrected chi connectivity index (χ4v) is 2.36. The van der Waals surface area contributed by atoms with Crippen molar-refractivity contribution in [2.45, 2.75) is 19.8 Å². The normalized spacial score (nSPS) is 18.4. The number of nitro benzene ring substituents is 1. The van der Waals surface area contributed by atoms with Gasteiger partial charge in [-0.2, -0.15) is 0 Å². The van der Waals surface area contributed by atoms with E-state index < -0.39 is 16.7 Å². The summed E-state index contributed by atoms with van der Waals surface area (Å²) in [7, 11) is 0. The first-order valence-electron chi connectivity index (χ1n) is 6.31. The number of amides is 2. The lowest BCUT2D eigenvalue weighted by Crippen LogP contribution is -2.29. The lowest BCUT2D eigenvalue weighted by Gasteiger charge is -2.19. The van der Waals surface area contributed by atoms with Gasteiger partial charge in [0.05, 0.1) is 10.8 Å². The number of nitro groups is 1. The summed E-state index contributed by atoms with van der Waals surface area (Å²) in [5, 5.41) is 10.8. The van der Waals surface area contributed by atoms with E-state index in [2.05, 4.69) is 0 Å². The van der Waals surface area contributed by atoms with E-state index in [9.17, 15) is 19.7 Å². The van der Waals surface area contributed by atoms with E-state index in [0.717, 1.165) is 0 Å². The third-order valence-electron chi connectivity index (χ3n) is 3.47. The number of carbonyl (C=O) groups excluding carboxylic acids is 2. The summed E-state index contributed by atoms with van der Waals surface area (Å²) in [6, 6.07) is 4.37. The number of non-ortho nitro benzene ring substituents is 1. The van der Waals surface area contributed by atoms with Crippen molar-refractivity contribution < 1.29 is 14.5 Å². The van der Waals surface area contributed by atoms with Crippen LogP contribution < -0.4 is 10.6 Å². The van der Waals surface area contributed by atoms with E-state index in [1.807, 2.05) is 6.92 Å². The highest BCUT2D eigenvalue weighted by molar-refractivity contribution is 6.00. The molecule has 106 valence electrons. The second kappa shape index (κ2) is 5.28. The van der Waals surface area contributed by atoms with E-state index in [1.54, 1.807) is 6.07 Å². The fourth-order valence-electron chi connectivity index (χ4n) is 2.36. The molecule has 1 aliphatic heterocycles. The Morgan fingerprint density at radius 3 is 2.75 bits per heavy atom. The second-order valence-corrected chi connectivity index (χ2v) is 4.73. The smallest absolute Gasteiger partial charge is 0.269 e. The summed E-state index contributed by atoms with van der Waals surface area (Å²) in [4.78, 5) is 34.9. The van der Waals surface area contributed by atoms with Crippen LogP contribution in [0.3, 0.4) is 0 Å². The molecule has 2 amide bonds. The van der Waals surface area contributed by atoms with Gasteiger partial charge in [-0.25, -0.2) is 0 Å². The van der Waals surface area contributed by atoms with Gasteiger partial charge in [0.15, 0.2) is 0 Å². The molecule has 1 aromatic carbocycles. The molecular formula is C13H15N3O4. The molecule has 0 radical (unpaired) electrons. The number of anilines is 1. The van der Waals surface area contributed by atoms with Crippen LogP contribution in [0.5, 0.6) is 0 Å². The number of nitrogens with two attached hydrogens (primary N) is 1. The second-order valence-electron chi connectivity index (χ2n) is 4.73. The van der Waals surface area contributed by atoms with Gasteiger partial charge in [0.1, 0.15) is 0 Å². The van der Waals surface area contributed by atoms with Crippen LogP contribution in [-0.4, -0.2) is 23.3 Å². The Hall–Kier alpha value is -2.44. The van der Waals surface area contributed by atoms with Gasteiger partial charge in [0.2, 0.25) is 11.8 Å². The molecule has 1 aromatic rings. The monoisotopic (exact) mass is 277 g/mol. The Morgan fingerprint density at radius 1 is 1.55 bits per heavy atom. The van der Waals surface area contributed by atoms with Crippen LogP contribution in [0.4, 0.5) is 11.4 Å². The summed E-state index contributed by atoms with van der Waals surface area (Å²) in [5.41, 5.74) is 6.54. The number of primary amides is 1. The Morgan fingerprint density at radius 2 is 2.25 bits per heavy atom. The highest BCUT2D eigenvalue weighted by Crippen LogP contribution is 2.30. The summed E-state index contributed by atoms with van der Waals surface area (Å²) in [6.45, 7) is 2.09. The van der Waals surface area contributed by atoms with Crippen LogP contribution in [0.25, 0.3) is 0 Å². The minimum atomic E-state index is -0.499. The molecule has 1 unspecified atom stereocenters. The standard InChI is InChI=1S/C13H15N3O4/c1-2-8-5-10(16(19)20)3-4-11(8)15-7-9(13(14)18)6-12(15)17/h3-5,9H,2,6-7H2,1H3,(H2,14,18). The van der Waals surface area contributed by atoms with Crippen LogP contribution >= 0.6 is 0 Å². The van der Waals surface area contributed by atoms with Crippen molar-refractivity contribution in [1.82, 2.24) is 0 Å². The van der Waals surface area contributed by atoms with Crippen molar-refractivity contribution in [3.8, 4) is 0 Å². The van der Waals surface area contributed by atoms with Gasteiger partial charge in [-0.3, -0.25) is 19.7 Å². The maximum Gasteiger partial charge on any atom is 0.269 e. The first-order valence-corrected chi connectivity index (χ1v) is 6.31. The minimum absolute atomic E-state index is 0.0105. The van der Waals surface area contributed by atoms with Crippen molar-refractivity contribution in [1.29, 1.82) is 0 Å². The van der Waals surface area contributed by atoms with Gasteiger partial charge >= 0.3 is 0 Å². The minimum Gasteiger partial charge on any atom is -0.369 e. The summed E-state index contributed by atoms with van der Waals surface area (Å²) >= 11 is 0. The van der Waals surface area contributed by atoms with E-state index in [1.165, 1.54) is 17.0 Å². The molecule has 0 aliphatic carbocycles. The Balaban J connectivity index is 2.35. The molecule has 1 heterocycles. The van der Waals surface area contributed by atoms with Crippen LogP contribution in [-0.2, 0) is 16.0 Å². The SMILES string of the molecule is CCc1cc([N+](=O)[O-])ccc1N1CC(C(N)=O)CC1=O. The van der Waals surface area contributed by atoms with Gasteiger partial charge in [0.25, 0.3) is 5.69 Å². The number of aryl methyl sites for hydroxylation is 1. The number of nitrogens with zero attached hydrogens (tertiary/aromatic N) is 2. The Labute approximate surface area is 115 Å². The predicted molar refractivity (Wildman–Crippen MR) is 72.1 cm³/mol. The highest BCUT2D eigenvalue weighted by Gasteiger charge is 2.34. The Bertz CT molecular complexity index is 585. The van der Waals surface area contributed by atoms with Gasteiger partial charge in [-0.15, -0.1) is 0 Å². The molecule has 0 spiro atoms. The van der Waals surface area contributed by atoms with Crippen LogP contribution in [0, 0.1) is 16.0 Å². The third-order valence-corrected chi connectivity index (χ3v) is 3.47. The molecular weight excluding hydrogens is 262 g/mol. The average Bonchev–Trinajstić information content (AvgIpc) is 2.80. The topological polar surface area (TPSA) is 107 Å². The van der Waals surface area contributed by atoms with Crippen molar-refractivity contribution in [2.75, 3.05) is 11.4 Å². The lowest BCUT2D eigenvalue weighted by molar-refractivity contribution is -0.384. The molecule has 20 heavy (non-hydrogen) atoms. The maximum absolute atomic E-state index is 12.0. The first-order chi connectivity index (χ1) is 9.43. The molecule has 2 rings (SSSR count). The number of hydrogen-bond acceptors (Lipinski definition) is 4. The van der Waals surface area contributed by atoms with Gasteiger partial charge in [-0.1, -0.05) is 6.92 Å². The zero-order valence-electron chi connectivity index (χ0n) is 11.0. The lowest BCUT2D eigenvalue weighted by atomic mass is 10.1. The highest BCUT2D eigenvalue weighted by atomic mass is 16.6. The summed E-state index contributed by atoms with van der Waals surface area (Å²) in [5.74, 6) is -1.18. The van der Waals surface area contributed by atoms with Gasteiger partial charge < -0.3 is 10.6 Å². The molecule has 1 aliphatic rings. The van der Waals surface area contributed by atoms with E-state index in [-0.39, 0.29) is 24.6 Å². The van der Waals surface area contributed by atoms with Gasteiger partial charge in [0, 0.05) is 30.8 Å². The predicted octanol–water partition coefficient (Wildman–Crippen LogP) is 0.995. The van der Waals surface area contributed by atoms with E-state index >= 15 is 0 Å². The summed E-state index contributed by atoms with van der Waals surface area (Å²) < 4.78 is 0. The van der Waals surface area contributed by atoms with Crippen LogP contribution in [0.15, 0.2) is 18.2 Å². The number of carbonyl (C=O) groups is 2. The van der Waals surface area contributed by atoms with Gasteiger partial charge in [-0.05, 0) is 18.1 Å². The molecule has 7 heteroatoms. The molecule has 0 bridgehead atoms. The summed E-state index contributed by atoms with van der Waals surface area (Å²) in [6.07, 6.45) is 0.650. The third kappa shape index (κ3) is 2.47. The maximum atomic E-state index is 12.0. The molecule has 2 N–H and O–H groups in total. The molecule has 7 nitrogen and oxygen atoms in total. The first kappa shape index (κ1) is 14.0. The van der Waals surface area contributed by atoms with Crippen molar-refractivity contribution in [3.05, 3.63) is 33.9 Å². The number of benzene rings is 1. The van der Waals surface area contributed by atoms with E-state index in [0.29, 0.717) is 17.7 Å². The zero-order chi connectivity index (χ0) is 14.9. The molecule has 1 fully saturated rings. The van der Waals surface area contributed by atoms with Crippen molar-refractivity contribution in [3.63, 3.8) is 0 Å². The molecule has 1 atom stereocenters.